The van der Waals surface area contributed by atoms with Gasteiger partial charge in [0.1, 0.15) is 16.5 Å². The van der Waals surface area contributed by atoms with Crippen molar-refractivity contribution in [2.45, 2.75) is 44.4 Å². The summed E-state index contributed by atoms with van der Waals surface area (Å²) in [4.78, 5) is 12.7. The number of pyridine rings is 1. The largest absolute Gasteiger partial charge is 0.415 e. The molecule has 1 aromatic carbocycles. The molecule has 6 rings (SSSR count). The van der Waals surface area contributed by atoms with E-state index in [-0.39, 0.29) is 0 Å². The third kappa shape index (κ3) is 6.62. The van der Waals surface area contributed by atoms with Crippen LogP contribution in [0.15, 0.2) is 53.1 Å². The Balaban J connectivity index is 1.18. The molecule has 1 aliphatic carbocycles. The van der Waals surface area contributed by atoms with Gasteiger partial charge in [-0.1, -0.05) is 29.5 Å². The number of methoxy groups -OCH3 is 1. The molecule has 0 unspecified atom stereocenters. The third-order valence-electron chi connectivity index (χ3n) is 7.15. The lowest BCUT2D eigenvalue weighted by molar-refractivity contribution is 0.0342. The summed E-state index contributed by atoms with van der Waals surface area (Å²) >= 11 is 1.46. The summed E-state index contributed by atoms with van der Waals surface area (Å²) in [5.41, 5.74) is 2.08. The van der Waals surface area contributed by atoms with Crippen molar-refractivity contribution in [3.05, 3.63) is 54.2 Å². The summed E-state index contributed by atoms with van der Waals surface area (Å²) in [5.74, 6) is 2.57. The number of nitrogens with one attached hydrogen (secondary N) is 2. The van der Waals surface area contributed by atoms with Gasteiger partial charge in [0.2, 0.25) is 5.89 Å². The van der Waals surface area contributed by atoms with Gasteiger partial charge in [-0.2, -0.15) is 0 Å². The molecule has 0 atom stereocenters. The van der Waals surface area contributed by atoms with E-state index in [1.807, 2.05) is 30.3 Å². The molecule has 3 aromatic heterocycles. The molecular formula is C28H33N7O3S. The Morgan fingerprint density at radius 3 is 2.56 bits per heavy atom. The molecule has 0 amide bonds. The lowest BCUT2D eigenvalue weighted by Crippen LogP contribution is -2.35. The van der Waals surface area contributed by atoms with E-state index in [0.717, 1.165) is 80.6 Å². The number of hydrogen-bond acceptors (Lipinski definition) is 11. The van der Waals surface area contributed by atoms with Crippen LogP contribution in [0.1, 0.15) is 31.2 Å². The van der Waals surface area contributed by atoms with Crippen molar-refractivity contribution in [2.24, 2.45) is 0 Å². The van der Waals surface area contributed by atoms with Gasteiger partial charge in [-0.15, -0.1) is 10.2 Å². The average molecular weight is 548 g/mol. The van der Waals surface area contributed by atoms with Crippen LogP contribution in [0.3, 0.4) is 0 Å². The molecule has 2 fully saturated rings. The first kappa shape index (κ1) is 25.9. The van der Waals surface area contributed by atoms with Crippen LogP contribution in [-0.4, -0.2) is 70.6 Å². The van der Waals surface area contributed by atoms with Crippen LogP contribution in [0, 0.1) is 0 Å². The number of morpholine rings is 1. The Labute approximate surface area is 231 Å². The monoisotopic (exact) mass is 547 g/mol. The third-order valence-corrected chi connectivity index (χ3v) is 8.05. The Bertz CT molecular complexity index is 1350. The predicted octanol–water partition coefficient (Wildman–Crippen LogP) is 5.20. The fraction of sp³-hybridized carbons (Fsp3) is 0.429. The fourth-order valence-electron chi connectivity index (χ4n) is 5.05. The zero-order valence-electron chi connectivity index (χ0n) is 22.0. The van der Waals surface area contributed by atoms with Gasteiger partial charge in [0.25, 0.3) is 5.89 Å². The van der Waals surface area contributed by atoms with Crippen LogP contribution in [0.25, 0.3) is 22.2 Å². The number of benzene rings is 1. The summed E-state index contributed by atoms with van der Waals surface area (Å²) in [5, 5.41) is 16.2. The summed E-state index contributed by atoms with van der Waals surface area (Å²) in [6.45, 7) is 4.25. The highest BCUT2D eigenvalue weighted by atomic mass is 32.1. The lowest BCUT2D eigenvalue weighted by atomic mass is 9.93. The van der Waals surface area contributed by atoms with Gasteiger partial charge in [-0.25, -0.2) is 9.97 Å². The van der Waals surface area contributed by atoms with Crippen LogP contribution in [-0.2, 0) is 16.0 Å². The van der Waals surface area contributed by atoms with Crippen molar-refractivity contribution in [3.63, 3.8) is 0 Å². The van der Waals surface area contributed by atoms with Crippen molar-refractivity contribution >= 4 is 28.1 Å². The van der Waals surface area contributed by atoms with Crippen LogP contribution in [0.5, 0.6) is 0 Å². The number of hydrogen-bond donors (Lipinski definition) is 2. The van der Waals surface area contributed by atoms with Gasteiger partial charge in [0.15, 0.2) is 5.13 Å². The second kappa shape index (κ2) is 12.2. The number of nitrogens with zero attached hydrogens (tertiary/aromatic N) is 5. The molecule has 1 saturated carbocycles. The Kier molecular flexibility index (Phi) is 8.10. The van der Waals surface area contributed by atoms with Crippen molar-refractivity contribution in [1.82, 2.24) is 25.1 Å². The van der Waals surface area contributed by atoms with E-state index in [4.69, 9.17) is 18.9 Å². The van der Waals surface area contributed by atoms with Gasteiger partial charge in [0.05, 0.1) is 25.5 Å². The molecule has 39 heavy (non-hydrogen) atoms. The van der Waals surface area contributed by atoms with Crippen molar-refractivity contribution < 1.29 is 13.9 Å². The first-order chi connectivity index (χ1) is 19.2. The normalized spacial score (nSPS) is 20.1. The van der Waals surface area contributed by atoms with Gasteiger partial charge in [0, 0.05) is 38.3 Å². The smallest absolute Gasteiger partial charge is 0.259 e. The van der Waals surface area contributed by atoms with Crippen LogP contribution in [0.2, 0.25) is 0 Å². The zero-order valence-corrected chi connectivity index (χ0v) is 22.8. The predicted molar refractivity (Wildman–Crippen MR) is 151 cm³/mol. The minimum Gasteiger partial charge on any atom is -0.415 e. The molecule has 11 heteroatoms. The SMILES string of the molecule is COC1CCC(Nc2cc(CN3CCOCC3)cc(Nc3ncc(-c4nnc(-c5ccccc5)o4)s3)n2)CC1. The van der Waals surface area contributed by atoms with E-state index < -0.39 is 0 Å². The van der Waals surface area contributed by atoms with E-state index in [9.17, 15) is 0 Å². The number of anilines is 3. The van der Waals surface area contributed by atoms with Crippen molar-refractivity contribution in [1.29, 1.82) is 0 Å². The summed E-state index contributed by atoms with van der Waals surface area (Å²) in [6.07, 6.45) is 6.39. The Morgan fingerprint density at radius 2 is 1.77 bits per heavy atom. The molecular weight excluding hydrogens is 514 g/mol. The summed E-state index contributed by atoms with van der Waals surface area (Å²) < 4.78 is 17.0. The Morgan fingerprint density at radius 1 is 1.00 bits per heavy atom. The molecule has 2 aliphatic rings. The average Bonchev–Trinajstić information content (AvgIpc) is 3.65. The van der Waals surface area contributed by atoms with Crippen LogP contribution < -0.4 is 10.6 Å². The van der Waals surface area contributed by atoms with E-state index in [2.05, 4.69) is 42.8 Å². The maximum Gasteiger partial charge on any atom is 0.259 e. The molecule has 0 spiro atoms. The molecule has 1 saturated heterocycles. The quantitative estimate of drug-likeness (QED) is 0.290. The number of ether oxygens (including phenoxy) is 2. The maximum absolute atomic E-state index is 5.91. The lowest BCUT2D eigenvalue weighted by Gasteiger charge is -2.29. The second-order valence-electron chi connectivity index (χ2n) is 9.92. The molecule has 0 bridgehead atoms. The molecule has 2 N–H and O–H groups in total. The number of aromatic nitrogens is 4. The molecule has 10 nitrogen and oxygen atoms in total. The number of thiazole rings is 1. The zero-order chi connectivity index (χ0) is 26.4. The molecule has 4 aromatic rings. The van der Waals surface area contributed by atoms with Crippen LogP contribution >= 0.6 is 11.3 Å². The number of rotatable bonds is 9. The first-order valence-corrected chi connectivity index (χ1v) is 14.3. The van der Waals surface area contributed by atoms with E-state index in [0.29, 0.717) is 29.1 Å². The molecule has 204 valence electrons. The van der Waals surface area contributed by atoms with Crippen LogP contribution in [0.4, 0.5) is 16.8 Å². The van der Waals surface area contributed by atoms with E-state index in [1.54, 1.807) is 13.3 Å². The molecule has 4 heterocycles. The minimum atomic E-state index is 0.364. The van der Waals surface area contributed by atoms with Gasteiger partial charge >= 0.3 is 0 Å². The fourth-order valence-corrected chi connectivity index (χ4v) is 5.79. The minimum absolute atomic E-state index is 0.364. The summed E-state index contributed by atoms with van der Waals surface area (Å²) in [7, 11) is 1.80. The first-order valence-electron chi connectivity index (χ1n) is 13.4. The standard InChI is InChI=1S/C28H33N7O3S/c1-36-22-9-7-21(8-10-22)30-24-15-19(18-35-11-13-37-14-12-35)16-25(31-24)32-28-29-17-23(39-28)27-34-33-26(38-27)20-5-3-2-4-6-20/h2-6,15-17,21-22H,7-14,18H2,1H3,(H2,29,30,31,32). The van der Waals surface area contributed by atoms with Crippen molar-refractivity contribution in [3.8, 4) is 22.2 Å². The van der Waals surface area contributed by atoms with E-state index >= 15 is 0 Å². The van der Waals surface area contributed by atoms with Gasteiger partial charge < -0.3 is 24.5 Å². The summed E-state index contributed by atoms with van der Waals surface area (Å²) in [6, 6.07) is 14.4. The highest BCUT2D eigenvalue weighted by molar-refractivity contribution is 7.18. The molecule has 1 aliphatic heterocycles. The Hall–Kier alpha value is -3.38. The van der Waals surface area contributed by atoms with E-state index in [1.165, 1.54) is 16.9 Å². The highest BCUT2D eigenvalue weighted by Crippen LogP contribution is 2.32. The molecule has 0 radical (unpaired) electrons. The second-order valence-corrected chi connectivity index (χ2v) is 11.0. The highest BCUT2D eigenvalue weighted by Gasteiger charge is 2.22. The van der Waals surface area contributed by atoms with Gasteiger partial charge in [-0.3, -0.25) is 4.90 Å². The topological polar surface area (TPSA) is 110 Å². The van der Waals surface area contributed by atoms with Crippen molar-refractivity contribution in [2.75, 3.05) is 44.0 Å². The maximum atomic E-state index is 5.91. The van der Waals surface area contributed by atoms with Gasteiger partial charge in [-0.05, 0) is 55.5 Å².